The molecule has 1 amide bonds. The second kappa shape index (κ2) is 8.09. The molecule has 0 aliphatic carbocycles. The topological polar surface area (TPSA) is 90.7 Å². The van der Waals surface area contributed by atoms with Crippen molar-refractivity contribution in [2.75, 3.05) is 18.2 Å². The lowest BCUT2D eigenvalue weighted by Crippen LogP contribution is -2.30. The Morgan fingerprint density at radius 1 is 1.16 bits per heavy atom. The molecule has 132 valence electrons. The molecule has 0 aliphatic heterocycles. The van der Waals surface area contributed by atoms with E-state index >= 15 is 0 Å². The predicted octanol–water partition coefficient (Wildman–Crippen LogP) is 3.77. The van der Waals surface area contributed by atoms with Gasteiger partial charge in [-0.25, -0.2) is 4.79 Å². The third-order valence-corrected chi connectivity index (χ3v) is 3.88. The third kappa shape index (κ3) is 4.78. The lowest BCUT2D eigenvalue weighted by Gasteiger charge is -2.15. The molecule has 0 radical (unpaired) electrons. The summed E-state index contributed by atoms with van der Waals surface area (Å²) >= 11 is 11.7. The number of methoxy groups -OCH3 is 1. The van der Waals surface area contributed by atoms with E-state index in [1.165, 1.54) is 26.2 Å². The van der Waals surface area contributed by atoms with Crippen LogP contribution in [0.4, 0.5) is 11.4 Å². The van der Waals surface area contributed by atoms with Gasteiger partial charge < -0.3 is 20.5 Å². The average molecular weight is 383 g/mol. The Labute approximate surface area is 154 Å². The van der Waals surface area contributed by atoms with Gasteiger partial charge in [0.2, 0.25) is 0 Å². The molecule has 2 aromatic carbocycles. The minimum Gasteiger partial charge on any atom is -0.496 e. The van der Waals surface area contributed by atoms with Crippen molar-refractivity contribution in [3.05, 3.63) is 52.0 Å². The van der Waals surface area contributed by atoms with Crippen LogP contribution < -0.4 is 15.8 Å². The first-order valence-corrected chi connectivity index (χ1v) is 7.98. The minimum atomic E-state index is -1.04. The van der Waals surface area contributed by atoms with E-state index < -0.39 is 18.0 Å². The summed E-state index contributed by atoms with van der Waals surface area (Å²) < 4.78 is 10.3. The Bertz CT molecular complexity index is 794. The highest BCUT2D eigenvalue weighted by Gasteiger charge is 2.22. The van der Waals surface area contributed by atoms with Gasteiger partial charge in [-0.05, 0) is 37.3 Å². The zero-order valence-corrected chi connectivity index (χ0v) is 15.0. The first kappa shape index (κ1) is 18.9. The zero-order valence-electron chi connectivity index (χ0n) is 13.5. The Hall–Kier alpha value is -2.44. The van der Waals surface area contributed by atoms with E-state index in [0.717, 1.165) is 0 Å². The number of carbonyl (C=O) groups is 2. The van der Waals surface area contributed by atoms with Gasteiger partial charge in [0.1, 0.15) is 11.3 Å². The van der Waals surface area contributed by atoms with E-state index in [1.807, 2.05) is 0 Å². The molecule has 3 N–H and O–H groups in total. The summed E-state index contributed by atoms with van der Waals surface area (Å²) in [5, 5.41) is 3.35. The maximum absolute atomic E-state index is 12.3. The van der Waals surface area contributed by atoms with E-state index in [1.54, 1.807) is 24.3 Å². The average Bonchev–Trinajstić information content (AvgIpc) is 2.58. The molecular weight excluding hydrogens is 367 g/mol. The quantitative estimate of drug-likeness (QED) is 0.606. The lowest BCUT2D eigenvalue weighted by molar-refractivity contribution is -0.123. The van der Waals surface area contributed by atoms with Crippen molar-refractivity contribution in [3.8, 4) is 5.75 Å². The van der Waals surface area contributed by atoms with Crippen LogP contribution in [0, 0.1) is 0 Å². The molecule has 0 spiro atoms. The minimum absolute atomic E-state index is 0.0767. The molecule has 2 aromatic rings. The monoisotopic (exact) mass is 382 g/mol. The van der Waals surface area contributed by atoms with Crippen LogP contribution in [-0.4, -0.2) is 25.1 Å². The van der Waals surface area contributed by atoms with E-state index in [9.17, 15) is 9.59 Å². The van der Waals surface area contributed by atoms with E-state index in [2.05, 4.69) is 5.32 Å². The number of ether oxygens (including phenoxy) is 2. The van der Waals surface area contributed by atoms with Gasteiger partial charge in [-0.3, -0.25) is 4.79 Å². The SMILES string of the molecule is COc1cc(N)c(Cl)cc1C(=O)O[C@H](C)C(=O)Nc1ccc(Cl)cc1. The predicted molar refractivity (Wildman–Crippen MR) is 97.4 cm³/mol. The van der Waals surface area contributed by atoms with E-state index in [0.29, 0.717) is 10.7 Å². The van der Waals surface area contributed by atoms with Crippen LogP contribution in [-0.2, 0) is 9.53 Å². The van der Waals surface area contributed by atoms with Crippen LogP contribution >= 0.6 is 23.2 Å². The molecule has 0 aliphatic rings. The maximum Gasteiger partial charge on any atom is 0.342 e. The summed E-state index contributed by atoms with van der Waals surface area (Å²) in [5.41, 5.74) is 6.55. The summed E-state index contributed by atoms with van der Waals surface area (Å²) in [6.45, 7) is 1.45. The maximum atomic E-state index is 12.3. The number of esters is 1. The number of nitrogens with two attached hydrogens (primary N) is 1. The molecule has 0 heterocycles. The third-order valence-electron chi connectivity index (χ3n) is 3.30. The summed E-state index contributed by atoms with van der Waals surface area (Å²) in [4.78, 5) is 24.4. The normalized spacial score (nSPS) is 11.5. The van der Waals surface area contributed by atoms with Gasteiger partial charge in [0.25, 0.3) is 5.91 Å². The summed E-state index contributed by atoms with van der Waals surface area (Å²) in [6, 6.07) is 9.29. The lowest BCUT2D eigenvalue weighted by atomic mass is 10.2. The van der Waals surface area contributed by atoms with Crippen LogP contribution in [0.1, 0.15) is 17.3 Å². The number of benzene rings is 2. The fraction of sp³-hybridized carbons (Fsp3) is 0.176. The second-order valence-electron chi connectivity index (χ2n) is 5.12. The molecular formula is C17H16Cl2N2O4. The Balaban J connectivity index is 2.08. The van der Waals surface area contributed by atoms with Crippen molar-refractivity contribution in [1.29, 1.82) is 0 Å². The van der Waals surface area contributed by atoms with Gasteiger partial charge in [-0.1, -0.05) is 23.2 Å². The molecule has 6 nitrogen and oxygen atoms in total. The van der Waals surface area contributed by atoms with Gasteiger partial charge in [0.05, 0.1) is 17.8 Å². The second-order valence-corrected chi connectivity index (χ2v) is 5.96. The van der Waals surface area contributed by atoms with Crippen molar-refractivity contribution in [2.24, 2.45) is 0 Å². The fourth-order valence-electron chi connectivity index (χ4n) is 1.95. The van der Waals surface area contributed by atoms with Crippen molar-refractivity contribution >= 4 is 46.5 Å². The number of hydrogen-bond acceptors (Lipinski definition) is 5. The van der Waals surface area contributed by atoms with Crippen LogP contribution in [0.25, 0.3) is 0 Å². The molecule has 1 atom stereocenters. The Morgan fingerprint density at radius 3 is 2.40 bits per heavy atom. The van der Waals surface area contributed by atoms with E-state index in [4.69, 9.17) is 38.4 Å². The first-order chi connectivity index (χ1) is 11.8. The van der Waals surface area contributed by atoms with Crippen molar-refractivity contribution in [1.82, 2.24) is 0 Å². The molecule has 8 heteroatoms. The Morgan fingerprint density at radius 2 is 1.80 bits per heavy atom. The van der Waals surface area contributed by atoms with Gasteiger partial charge in [-0.15, -0.1) is 0 Å². The number of carbonyl (C=O) groups excluding carboxylic acids is 2. The van der Waals surface area contributed by atoms with Crippen molar-refractivity contribution in [2.45, 2.75) is 13.0 Å². The number of amides is 1. The fourth-order valence-corrected chi connectivity index (χ4v) is 2.24. The molecule has 0 aromatic heterocycles. The van der Waals surface area contributed by atoms with Crippen LogP contribution in [0.15, 0.2) is 36.4 Å². The Kier molecular flexibility index (Phi) is 6.12. The summed E-state index contributed by atoms with van der Waals surface area (Å²) in [7, 11) is 1.39. The number of anilines is 2. The highest BCUT2D eigenvalue weighted by atomic mass is 35.5. The van der Waals surface area contributed by atoms with Gasteiger partial charge in [0, 0.05) is 16.8 Å². The number of nitrogens with one attached hydrogen (secondary N) is 1. The molecule has 25 heavy (non-hydrogen) atoms. The molecule has 0 saturated heterocycles. The van der Waals surface area contributed by atoms with Gasteiger partial charge in [-0.2, -0.15) is 0 Å². The number of hydrogen-bond donors (Lipinski definition) is 2. The van der Waals surface area contributed by atoms with Crippen LogP contribution in [0.5, 0.6) is 5.75 Å². The van der Waals surface area contributed by atoms with Crippen molar-refractivity contribution in [3.63, 3.8) is 0 Å². The largest absolute Gasteiger partial charge is 0.496 e. The van der Waals surface area contributed by atoms with Crippen LogP contribution in [0.2, 0.25) is 10.0 Å². The first-order valence-electron chi connectivity index (χ1n) is 7.22. The molecule has 2 rings (SSSR count). The highest BCUT2D eigenvalue weighted by molar-refractivity contribution is 6.33. The van der Waals surface area contributed by atoms with Crippen molar-refractivity contribution < 1.29 is 19.1 Å². The highest BCUT2D eigenvalue weighted by Crippen LogP contribution is 2.29. The number of halogens is 2. The standard InChI is InChI=1S/C17H16Cl2N2O4/c1-9(16(22)21-11-5-3-10(18)4-6-11)25-17(23)12-7-13(19)14(20)8-15(12)24-2/h3-9H,20H2,1-2H3,(H,21,22)/t9-/m1/s1. The summed E-state index contributed by atoms with van der Waals surface area (Å²) in [6.07, 6.45) is -1.04. The van der Waals surface area contributed by atoms with E-state index in [-0.39, 0.29) is 22.0 Å². The number of nitrogen functional groups attached to an aromatic ring is 1. The molecule has 0 bridgehead atoms. The molecule has 0 saturated carbocycles. The molecule has 0 unspecified atom stereocenters. The smallest absolute Gasteiger partial charge is 0.342 e. The number of rotatable bonds is 5. The van der Waals surface area contributed by atoms with Gasteiger partial charge >= 0.3 is 5.97 Å². The van der Waals surface area contributed by atoms with Crippen LogP contribution in [0.3, 0.4) is 0 Å². The van der Waals surface area contributed by atoms with Gasteiger partial charge in [0.15, 0.2) is 6.10 Å². The zero-order chi connectivity index (χ0) is 18.6. The summed E-state index contributed by atoms with van der Waals surface area (Å²) in [5.74, 6) is -1.04. The molecule has 0 fully saturated rings.